The molecule has 3 N–H and O–H groups in total. The van der Waals surface area contributed by atoms with E-state index < -0.39 is 16.1 Å². The van der Waals surface area contributed by atoms with Crippen LogP contribution >= 0.6 is 0 Å². The molecule has 0 amide bonds. The molecule has 0 saturated heterocycles. The van der Waals surface area contributed by atoms with Crippen LogP contribution < -0.4 is 15.4 Å². The summed E-state index contributed by atoms with van der Waals surface area (Å²) in [5.74, 6) is 0. The Hall–Kier alpha value is -4.26. The van der Waals surface area contributed by atoms with Gasteiger partial charge in [0.25, 0.3) is 0 Å². The van der Waals surface area contributed by atoms with E-state index in [4.69, 9.17) is 5.73 Å². The molecule has 35 heavy (non-hydrogen) atoms. The average molecular weight is 486 g/mol. The van der Waals surface area contributed by atoms with Gasteiger partial charge in [-0.25, -0.2) is 8.42 Å². The summed E-state index contributed by atoms with van der Waals surface area (Å²) >= 11 is 0. The number of pyridine rings is 1. The van der Waals surface area contributed by atoms with Gasteiger partial charge in [-0.15, -0.1) is 0 Å². The zero-order valence-electron chi connectivity index (χ0n) is 18.9. The molecule has 3 aromatic rings. The van der Waals surface area contributed by atoms with E-state index in [9.17, 15) is 18.5 Å². The number of benzene rings is 2. The van der Waals surface area contributed by atoms with Crippen LogP contribution in [-0.4, -0.2) is 32.0 Å². The second-order valence-corrected chi connectivity index (χ2v) is 9.67. The van der Waals surface area contributed by atoms with Gasteiger partial charge < -0.3 is 15.4 Å². The SMILES string of the molecule is CS(=O)(=O)Nc1cccc(N2C=C(c3ccccn3)C=C(c3ccccc3C#N)C2C=O)c1CN. The molecule has 2 aromatic carbocycles. The van der Waals surface area contributed by atoms with E-state index in [2.05, 4.69) is 15.8 Å². The molecule has 0 saturated carbocycles. The highest BCUT2D eigenvalue weighted by molar-refractivity contribution is 7.92. The maximum atomic E-state index is 12.5. The molecule has 0 bridgehead atoms. The maximum absolute atomic E-state index is 12.5. The van der Waals surface area contributed by atoms with Crippen molar-refractivity contribution in [2.75, 3.05) is 15.9 Å². The van der Waals surface area contributed by atoms with E-state index >= 15 is 0 Å². The highest BCUT2D eigenvalue weighted by atomic mass is 32.2. The molecule has 1 aliphatic heterocycles. The third kappa shape index (κ3) is 4.99. The standard InChI is InChI=1S/C26H23N5O3S/c1-35(33,34)30-24-10-6-11-25(22(24)15-28)31-16-19(23-9-4-5-12-29-23)13-21(26(31)17-32)20-8-3-2-7-18(20)14-27/h2-13,16-17,26,30H,15,28H2,1H3. The zero-order chi connectivity index (χ0) is 25.0. The van der Waals surface area contributed by atoms with Crippen LogP contribution in [0, 0.1) is 11.3 Å². The van der Waals surface area contributed by atoms with Crippen LogP contribution in [0.2, 0.25) is 0 Å². The molecule has 176 valence electrons. The average Bonchev–Trinajstić information content (AvgIpc) is 2.87. The minimum absolute atomic E-state index is 0.0245. The van der Waals surface area contributed by atoms with E-state index in [0.29, 0.717) is 39.3 Å². The second-order valence-electron chi connectivity index (χ2n) is 7.93. The normalized spacial score (nSPS) is 15.6. The Kier molecular flexibility index (Phi) is 6.78. The van der Waals surface area contributed by atoms with Gasteiger partial charge >= 0.3 is 0 Å². The van der Waals surface area contributed by atoms with Crippen LogP contribution in [0.4, 0.5) is 11.4 Å². The van der Waals surface area contributed by atoms with Crippen molar-refractivity contribution in [3.05, 3.63) is 102 Å². The van der Waals surface area contributed by atoms with Gasteiger partial charge in [-0.2, -0.15) is 5.26 Å². The highest BCUT2D eigenvalue weighted by Gasteiger charge is 2.30. The van der Waals surface area contributed by atoms with E-state index in [1.54, 1.807) is 59.8 Å². The lowest BCUT2D eigenvalue weighted by Gasteiger charge is -2.35. The first-order valence-corrected chi connectivity index (χ1v) is 12.6. The third-order valence-corrected chi connectivity index (χ3v) is 6.18. The van der Waals surface area contributed by atoms with Crippen LogP contribution in [0.25, 0.3) is 11.1 Å². The van der Waals surface area contributed by atoms with Crippen molar-refractivity contribution in [2.24, 2.45) is 5.73 Å². The lowest BCUT2D eigenvalue weighted by Crippen LogP contribution is -2.37. The summed E-state index contributed by atoms with van der Waals surface area (Å²) < 4.78 is 26.4. The predicted octanol–water partition coefficient (Wildman–Crippen LogP) is 3.30. The second kappa shape index (κ2) is 9.93. The molecule has 1 unspecified atom stereocenters. The first-order chi connectivity index (χ1) is 16.9. The number of nitrogens with one attached hydrogen (secondary N) is 1. The monoisotopic (exact) mass is 485 g/mol. The van der Waals surface area contributed by atoms with Crippen LogP contribution in [0.1, 0.15) is 22.4 Å². The van der Waals surface area contributed by atoms with Gasteiger partial charge in [-0.3, -0.25) is 9.71 Å². The van der Waals surface area contributed by atoms with Crippen molar-refractivity contribution in [3.63, 3.8) is 0 Å². The van der Waals surface area contributed by atoms with Crippen LogP contribution in [-0.2, 0) is 21.4 Å². The third-order valence-electron chi connectivity index (χ3n) is 5.58. The highest BCUT2D eigenvalue weighted by Crippen LogP contribution is 2.38. The van der Waals surface area contributed by atoms with Gasteiger partial charge in [-0.1, -0.05) is 30.3 Å². The molecule has 0 fully saturated rings. The van der Waals surface area contributed by atoms with Crippen molar-refractivity contribution in [2.45, 2.75) is 12.6 Å². The summed E-state index contributed by atoms with van der Waals surface area (Å²) in [7, 11) is -3.56. The Labute approximate surface area is 204 Å². The number of nitrogens with two attached hydrogens (primary N) is 1. The van der Waals surface area contributed by atoms with Crippen LogP contribution in [0.3, 0.4) is 0 Å². The Morgan fingerprint density at radius 2 is 1.91 bits per heavy atom. The van der Waals surface area contributed by atoms with Crippen molar-refractivity contribution in [1.82, 2.24) is 4.98 Å². The molecular weight excluding hydrogens is 462 g/mol. The number of hydrogen-bond donors (Lipinski definition) is 2. The van der Waals surface area contributed by atoms with Gasteiger partial charge in [0.15, 0.2) is 0 Å². The van der Waals surface area contributed by atoms with Gasteiger partial charge in [0.1, 0.15) is 12.3 Å². The molecule has 9 heteroatoms. The largest absolute Gasteiger partial charge is 0.333 e. The Balaban J connectivity index is 1.96. The lowest BCUT2D eigenvalue weighted by atomic mass is 9.89. The summed E-state index contributed by atoms with van der Waals surface area (Å²) in [5.41, 5.74) is 10.5. The summed E-state index contributed by atoms with van der Waals surface area (Å²) in [6, 6.07) is 19.1. The Bertz CT molecular complexity index is 1470. The smallest absolute Gasteiger partial charge is 0.229 e. The molecule has 0 spiro atoms. The van der Waals surface area contributed by atoms with Crippen molar-refractivity contribution < 1.29 is 13.2 Å². The first kappa shape index (κ1) is 23.9. The van der Waals surface area contributed by atoms with E-state index in [1.807, 2.05) is 24.3 Å². The minimum atomic E-state index is -3.56. The fourth-order valence-electron chi connectivity index (χ4n) is 4.10. The molecular formula is C26H23N5O3S. The van der Waals surface area contributed by atoms with E-state index in [1.165, 1.54) is 0 Å². The number of sulfonamides is 1. The molecule has 1 atom stereocenters. The lowest BCUT2D eigenvalue weighted by molar-refractivity contribution is -0.107. The van der Waals surface area contributed by atoms with Crippen molar-refractivity contribution in [3.8, 4) is 6.07 Å². The fourth-order valence-corrected chi connectivity index (χ4v) is 4.69. The summed E-state index contributed by atoms with van der Waals surface area (Å²) in [6.07, 6.45) is 7.18. The quantitative estimate of drug-likeness (QED) is 0.491. The molecule has 1 aromatic heterocycles. The number of carbonyl (C=O) groups excluding carboxylic acids is 1. The summed E-state index contributed by atoms with van der Waals surface area (Å²) in [4.78, 5) is 18.7. The minimum Gasteiger partial charge on any atom is -0.333 e. The number of carbonyl (C=O) groups is 1. The summed E-state index contributed by atoms with van der Waals surface area (Å²) in [6.45, 7) is 0.0245. The van der Waals surface area contributed by atoms with Crippen molar-refractivity contribution >= 4 is 38.8 Å². The number of nitriles is 1. The fraction of sp³-hybridized carbons (Fsp3) is 0.115. The van der Waals surface area contributed by atoms with Crippen LogP contribution in [0.15, 0.2) is 79.1 Å². The maximum Gasteiger partial charge on any atom is 0.229 e. The number of aromatic nitrogens is 1. The zero-order valence-corrected chi connectivity index (χ0v) is 19.7. The molecule has 2 heterocycles. The number of hydrogen-bond acceptors (Lipinski definition) is 7. The van der Waals surface area contributed by atoms with Gasteiger partial charge in [0.05, 0.1) is 29.3 Å². The molecule has 1 aliphatic rings. The van der Waals surface area contributed by atoms with Gasteiger partial charge in [0, 0.05) is 35.8 Å². The van der Waals surface area contributed by atoms with Gasteiger partial charge in [-0.05, 0) is 47.5 Å². The van der Waals surface area contributed by atoms with E-state index in [0.717, 1.165) is 18.1 Å². The molecule has 0 aliphatic carbocycles. The Morgan fingerprint density at radius 3 is 2.57 bits per heavy atom. The van der Waals surface area contributed by atoms with E-state index in [-0.39, 0.29) is 6.54 Å². The molecule has 0 radical (unpaired) electrons. The van der Waals surface area contributed by atoms with Crippen molar-refractivity contribution in [1.29, 1.82) is 5.26 Å². The number of aldehydes is 1. The number of rotatable bonds is 7. The first-order valence-electron chi connectivity index (χ1n) is 10.7. The molecule has 4 rings (SSSR count). The summed E-state index contributed by atoms with van der Waals surface area (Å²) in [5, 5.41) is 9.71. The molecule has 8 nitrogen and oxygen atoms in total. The number of nitrogens with zero attached hydrogens (tertiary/aromatic N) is 3. The number of allylic oxidation sites excluding steroid dienone is 2. The predicted molar refractivity (Wildman–Crippen MR) is 136 cm³/mol. The van der Waals surface area contributed by atoms with Gasteiger partial charge in [0.2, 0.25) is 10.0 Å². The van der Waals surface area contributed by atoms with Crippen LogP contribution in [0.5, 0.6) is 0 Å². The Morgan fingerprint density at radius 1 is 1.14 bits per heavy atom. The topological polar surface area (TPSA) is 129 Å². The number of anilines is 2.